The lowest BCUT2D eigenvalue weighted by Crippen LogP contribution is -1.98. The van der Waals surface area contributed by atoms with Gasteiger partial charge in [-0.05, 0) is 42.8 Å². The van der Waals surface area contributed by atoms with Gasteiger partial charge in [0, 0.05) is 28.9 Å². The topological polar surface area (TPSA) is 70.4 Å². The Morgan fingerprint density at radius 2 is 1.96 bits per heavy atom. The third-order valence-corrected chi connectivity index (χ3v) is 4.91. The van der Waals surface area contributed by atoms with E-state index in [1.165, 1.54) is 23.6 Å². The van der Waals surface area contributed by atoms with Crippen molar-refractivity contribution >= 4 is 51.6 Å². The Morgan fingerprint density at radius 3 is 2.69 bits per heavy atom. The average molecular weight is 407 g/mol. The number of benzene rings is 2. The molecule has 0 saturated carbocycles. The summed E-state index contributed by atoms with van der Waals surface area (Å²) >= 11 is 13.4. The first-order valence-corrected chi connectivity index (χ1v) is 9.54. The van der Waals surface area contributed by atoms with Crippen LogP contribution in [0.3, 0.4) is 0 Å². The molecule has 0 aliphatic rings. The number of aromatic hydroxyl groups is 1. The first-order chi connectivity index (χ1) is 12.6. The highest BCUT2D eigenvalue weighted by atomic mass is 35.5. The van der Waals surface area contributed by atoms with Crippen molar-refractivity contribution in [1.29, 1.82) is 0 Å². The molecule has 2 N–H and O–H groups in total. The second-order valence-electron chi connectivity index (χ2n) is 5.47. The predicted molar refractivity (Wildman–Crippen MR) is 110 cm³/mol. The molecule has 0 amide bonds. The van der Waals surface area contributed by atoms with Crippen molar-refractivity contribution in [2.24, 2.45) is 4.99 Å². The molecule has 5 nitrogen and oxygen atoms in total. The van der Waals surface area contributed by atoms with Gasteiger partial charge in [-0.15, -0.1) is 10.2 Å². The molecule has 1 heterocycles. The van der Waals surface area contributed by atoms with Gasteiger partial charge in [-0.25, -0.2) is 0 Å². The molecule has 0 fully saturated rings. The Kier molecular flexibility index (Phi) is 6.08. The number of nitrogens with zero attached hydrogens (tertiary/aromatic N) is 3. The SMILES string of the molecule is CCCNc1nnc(-c2ccc(N=Cc3cc(Cl)cc(Cl)c3O)cc2)s1. The predicted octanol–water partition coefficient (Wildman–Crippen LogP) is 5.79. The zero-order valence-corrected chi connectivity index (χ0v) is 16.2. The van der Waals surface area contributed by atoms with E-state index in [2.05, 4.69) is 27.4 Å². The number of phenols is 1. The summed E-state index contributed by atoms with van der Waals surface area (Å²) in [5, 5.41) is 23.8. The average Bonchev–Trinajstić information content (AvgIpc) is 3.11. The van der Waals surface area contributed by atoms with Gasteiger partial charge in [0.25, 0.3) is 0 Å². The highest BCUT2D eigenvalue weighted by Gasteiger charge is 2.07. The third-order valence-electron chi connectivity index (χ3n) is 3.48. The summed E-state index contributed by atoms with van der Waals surface area (Å²) in [6.45, 7) is 2.98. The minimum atomic E-state index is -0.0441. The number of hydrogen-bond acceptors (Lipinski definition) is 6. The standard InChI is InChI=1S/C18H16Cl2N4OS/c1-2-7-21-18-24-23-17(26-18)11-3-5-14(6-4-11)22-10-12-8-13(19)9-15(20)16(12)25/h3-6,8-10,25H,2,7H2,1H3,(H,21,24). The van der Waals surface area contributed by atoms with E-state index in [4.69, 9.17) is 23.2 Å². The molecule has 3 rings (SSSR count). The van der Waals surface area contributed by atoms with Crippen LogP contribution in [0.1, 0.15) is 18.9 Å². The summed E-state index contributed by atoms with van der Waals surface area (Å²) in [5.74, 6) is -0.0441. The summed E-state index contributed by atoms with van der Waals surface area (Å²) < 4.78 is 0. The number of rotatable bonds is 6. The van der Waals surface area contributed by atoms with Gasteiger partial charge in [0.2, 0.25) is 5.13 Å². The van der Waals surface area contributed by atoms with Crippen molar-refractivity contribution in [3.63, 3.8) is 0 Å². The molecule has 0 bridgehead atoms. The molecule has 134 valence electrons. The second-order valence-corrected chi connectivity index (χ2v) is 7.29. The summed E-state index contributed by atoms with van der Waals surface area (Å²) in [5.41, 5.74) is 2.17. The maximum atomic E-state index is 9.96. The van der Waals surface area contributed by atoms with Crippen LogP contribution in [-0.2, 0) is 0 Å². The largest absolute Gasteiger partial charge is 0.506 e. The smallest absolute Gasteiger partial charge is 0.206 e. The van der Waals surface area contributed by atoms with Gasteiger partial charge in [0.05, 0.1) is 10.7 Å². The summed E-state index contributed by atoms with van der Waals surface area (Å²) in [6.07, 6.45) is 2.56. The molecule has 0 aliphatic carbocycles. The molecule has 2 aromatic carbocycles. The van der Waals surface area contributed by atoms with E-state index in [0.717, 1.165) is 34.4 Å². The Labute approximate surface area is 165 Å². The zero-order chi connectivity index (χ0) is 18.5. The van der Waals surface area contributed by atoms with Crippen molar-refractivity contribution < 1.29 is 5.11 Å². The van der Waals surface area contributed by atoms with Crippen molar-refractivity contribution in [3.8, 4) is 16.3 Å². The maximum absolute atomic E-state index is 9.96. The quantitative estimate of drug-likeness (QED) is 0.508. The van der Waals surface area contributed by atoms with Gasteiger partial charge in [-0.3, -0.25) is 4.99 Å². The van der Waals surface area contributed by atoms with Crippen molar-refractivity contribution in [2.45, 2.75) is 13.3 Å². The Bertz CT molecular complexity index is 925. The molecule has 26 heavy (non-hydrogen) atoms. The van der Waals surface area contributed by atoms with E-state index < -0.39 is 0 Å². The molecule has 0 spiro atoms. The van der Waals surface area contributed by atoms with E-state index >= 15 is 0 Å². The fraction of sp³-hybridized carbons (Fsp3) is 0.167. The molecule has 3 aromatic rings. The first kappa shape index (κ1) is 18.6. The zero-order valence-electron chi connectivity index (χ0n) is 13.9. The van der Waals surface area contributed by atoms with Gasteiger partial charge < -0.3 is 10.4 Å². The summed E-state index contributed by atoms with van der Waals surface area (Å²) in [6, 6.07) is 10.7. The van der Waals surface area contributed by atoms with Gasteiger partial charge >= 0.3 is 0 Å². The van der Waals surface area contributed by atoms with Crippen LogP contribution in [0.4, 0.5) is 10.8 Å². The van der Waals surface area contributed by atoms with Crippen LogP contribution in [0.2, 0.25) is 10.0 Å². The Hall–Kier alpha value is -2.15. The van der Waals surface area contributed by atoms with E-state index in [1.807, 2.05) is 24.3 Å². The number of aromatic nitrogens is 2. The molecule has 0 atom stereocenters. The fourth-order valence-corrected chi connectivity index (χ4v) is 3.45. The highest BCUT2D eigenvalue weighted by Crippen LogP contribution is 2.31. The number of anilines is 1. The summed E-state index contributed by atoms with van der Waals surface area (Å²) in [4.78, 5) is 4.35. The number of phenolic OH excluding ortho intramolecular Hbond substituents is 1. The lowest BCUT2D eigenvalue weighted by Gasteiger charge is -2.02. The highest BCUT2D eigenvalue weighted by molar-refractivity contribution is 7.18. The number of nitrogens with one attached hydrogen (secondary N) is 1. The summed E-state index contributed by atoms with van der Waals surface area (Å²) in [7, 11) is 0. The van der Waals surface area contributed by atoms with Crippen LogP contribution < -0.4 is 5.32 Å². The number of aliphatic imine (C=N–C) groups is 1. The van der Waals surface area contributed by atoms with Gasteiger partial charge in [-0.1, -0.05) is 41.5 Å². The Balaban J connectivity index is 1.75. The van der Waals surface area contributed by atoms with Gasteiger partial charge in [0.1, 0.15) is 10.8 Å². The number of hydrogen-bond donors (Lipinski definition) is 2. The van der Waals surface area contributed by atoms with E-state index in [0.29, 0.717) is 10.6 Å². The first-order valence-electron chi connectivity index (χ1n) is 7.96. The minimum Gasteiger partial charge on any atom is -0.506 e. The van der Waals surface area contributed by atoms with Crippen molar-refractivity contribution in [3.05, 3.63) is 52.0 Å². The van der Waals surface area contributed by atoms with Crippen LogP contribution in [0.25, 0.3) is 10.6 Å². The lowest BCUT2D eigenvalue weighted by atomic mass is 10.2. The van der Waals surface area contributed by atoms with Crippen LogP contribution in [0, 0.1) is 0 Å². The van der Waals surface area contributed by atoms with Crippen molar-refractivity contribution in [2.75, 3.05) is 11.9 Å². The van der Waals surface area contributed by atoms with Crippen LogP contribution in [-0.4, -0.2) is 28.1 Å². The fourth-order valence-electron chi connectivity index (χ4n) is 2.16. The third kappa shape index (κ3) is 4.52. The minimum absolute atomic E-state index is 0.0441. The van der Waals surface area contributed by atoms with Gasteiger partial charge in [0.15, 0.2) is 0 Å². The molecule has 0 aliphatic heterocycles. The van der Waals surface area contributed by atoms with Gasteiger partial charge in [-0.2, -0.15) is 0 Å². The maximum Gasteiger partial charge on any atom is 0.206 e. The normalized spacial score (nSPS) is 11.2. The Morgan fingerprint density at radius 1 is 1.19 bits per heavy atom. The molecular formula is C18H16Cl2N4OS. The molecular weight excluding hydrogens is 391 g/mol. The molecule has 0 unspecified atom stereocenters. The number of halogens is 2. The van der Waals surface area contributed by atoms with E-state index in [1.54, 1.807) is 6.07 Å². The molecule has 0 radical (unpaired) electrons. The van der Waals surface area contributed by atoms with E-state index in [9.17, 15) is 5.11 Å². The van der Waals surface area contributed by atoms with Crippen LogP contribution in [0.5, 0.6) is 5.75 Å². The monoisotopic (exact) mass is 406 g/mol. The van der Waals surface area contributed by atoms with Crippen molar-refractivity contribution in [1.82, 2.24) is 10.2 Å². The second kappa shape index (κ2) is 8.49. The van der Waals surface area contributed by atoms with E-state index in [-0.39, 0.29) is 10.8 Å². The van der Waals surface area contributed by atoms with Crippen LogP contribution in [0.15, 0.2) is 41.4 Å². The molecule has 0 saturated heterocycles. The molecule has 8 heteroatoms. The molecule has 1 aromatic heterocycles. The lowest BCUT2D eigenvalue weighted by molar-refractivity contribution is 0.475. The van der Waals surface area contributed by atoms with Crippen LogP contribution >= 0.6 is 34.5 Å².